The monoisotopic (exact) mass is 167 g/mol. The summed E-state index contributed by atoms with van der Waals surface area (Å²) in [5.41, 5.74) is 8.48. The first-order valence-corrected chi connectivity index (χ1v) is 4.16. The molecule has 1 nitrogen and oxygen atoms in total. The van der Waals surface area contributed by atoms with E-state index in [-0.39, 0.29) is 0 Å². The highest BCUT2D eigenvalue weighted by molar-refractivity contribution is 6.30. The summed E-state index contributed by atoms with van der Waals surface area (Å²) in [5, 5.41) is 0.817. The van der Waals surface area contributed by atoms with Crippen molar-refractivity contribution < 1.29 is 0 Å². The van der Waals surface area contributed by atoms with Gasteiger partial charge in [-0.05, 0) is 36.1 Å². The predicted molar refractivity (Wildman–Crippen MR) is 46.8 cm³/mol. The number of benzene rings is 1. The van der Waals surface area contributed by atoms with Crippen molar-refractivity contribution in [1.29, 1.82) is 0 Å². The van der Waals surface area contributed by atoms with E-state index in [9.17, 15) is 0 Å². The highest BCUT2D eigenvalue weighted by Crippen LogP contribution is 2.24. The fourth-order valence-electron chi connectivity index (χ4n) is 1.62. The Morgan fingerprint density at radius 2 is 2.00 bits per heavy atom. The highest BCUT2D eigenvalue weighted by atomic mass is 35.5. The van der Waals surface area contributed by atoms with Crippen LogP contribution in [0, 0.1) is 0 Å². The Bertz CT molecular complexity index is 283. The maximum absolute atomic E-state index is 5.83. The van der Waals surface area contributed by atoms with Gasteiger partial charge in [-0.1, -0.05) is 17.7 Å². The van der Waals surface area contributed by atoms with Gasteiger partial charge in [0.05, 0.1) is 0 Å². The van der Waals surface area contributed by atoms with E-state index < -0.39 is 0 Å². The van der Waals surface area contributed by atoms with Crippen molar-refractivity contribution in [2.45, 2.75) is 18.9 Å². The molecule has 2 rings (SSSR count). The average Bonchev–Trinajstić information content (AvgIpc) is 2.27. The molecule has 0 saturated heterocycles. The summed E-state index contributed by atoms with van der Waals surface area (Å²) in [6.45, 7) is 0. The van der Waals surface area contributed by atoms with Gasteiger partial charge in [0.15, 0.2) is 0 Å². The maximum atomic E-state index is 5.83. The zero-order chi connectivity index (χ0) is 7.84. The van der Waals surface area contributed by atoms with Crippen LogP contribution in [0.15, 0.2) is 18.2 Å². The van der Waals surface area contributed by atoms with Crippen molar-refractivity contribution in [2.24, 2.45) is 5.73 Å². The van der Waals surface area contributed by atoms with Crippen molar-refractivity contribution in [1.82, 2.24) is 0 Å². The van der Waals surface area contributed by atoms with Gasteiger partial charge in [-0.25, -0.2) is 0 Å². The third kappa shape index (κ3) is 1.26. The minimum atomic E-state index is 0.309. The predicted octanol–water partition coefficient (Wildman–Crippen LogP) is 1.77. The minimum Gasteiger partial charge on any atom is -0.327 e. The molecule has 0 radical (unpaired) electrons. The summed E-state index contributed by atoms with van der Waals surface area (Å²) in [6, 6.07) is 6.33. The maximum Gasteiger partial charge on any atom is 0.0408 e. The topological polar surface area (TPSA) is 26.0 Å². The van der Waals surface area contributed by atoms with Crippen LogP contribution in [0.1, 0.15) is 11.1 Å². The van der Waals surface area contributed by atoms with Gasteiger partial charge in [0.1, 0.15) is 0 Å². The molecule has 1 aliphatic carbocycles. The second-order valence-corrected chi connectivity index (χ2v) is 3.52. The van der Waals surface area contributed by atoms with Crippen LogP contribution in [0.4, 0.5) is 0 Å². The van der Waals surface area contributed by atoms with E-state index in [1.807, 2.05) is 12.1 Å². The lowest BCUT2D eigenvalue weighted by molar-refractivity contribution is 0.721. The van der Waals surface area contributed by atoms with Crippen molar-refractivity contribution in [3.8, 4) is 0 Å². The Hall–Kier alpha value is -0.530. The number of nitrogens with two attached hydrogens (primary N) is 1. The molecule has 1 aromatic rings. The van der Waals surface area contributed by atoms with Crippen LogP contribution in [-0.4, -0.2) is 6.04 Å². The largest absolute Gasteiger partial charge is 0.327 e. The van der Waals surface area contributed by atoms with Crippen LogP contribution in [0.25, 0.3) is 0 Å². The third-order valence-electron chi connectivity index (χ3n) is 2.13. The zero-order valence-electron chi connectivity index (χ0n) is 6.18. The summed E-state index contributed by atoms with van der Waals surface area (Å²) in [6.07, 6.45) is 1.99. The molecule has 0 amide bonds. The molecule has 1 atom stereocenters. The van der Waals surface area contributed by atoms with E-state index in [2.05, 4.69) is 6.07 Å². The van der Waals surface area contributed by atoms with E-state index in [0.717, 1.165) is 17.9 Å². The molecule has 2 N–H and O–H groups in total. The molecule has 0 aliphatic heterocycles. The van der Waals surface area contributed by atoms with Gasteiger partial charge < -0.3 is 5.73 Å². The fourth-order valence-corrected chi connectivity index (χ4v) is 1.82. The van der Waals surface area contributed by atoms with Gasteiger partial charge in [0.25, 0.3) is 0 Å². The van der Waals surface area contributed by atoms with Gasteiger partial charge in [-0.2, -0.15) is 0 Å². The van der Waals surface area contributed by atoms with E-state index in [0.29, 0.717) is 6.04 Å². The zero-order valence-corrected chi connectivity index (χ0v) is 6.93. The molecular formula is C9H10ClN. The summed E-state index contributed by atoms with van der Waals surface area (Å²) in [4.78, 5) is 0. The van der Waals surface area contributed by atoms with Gasteiger partial charge in [0.2, 0.25) is 0 Å². The molecule has 11 heavy (non-hydrogen) atoms. The minimum absolute atomic E-state index is 0.309. The van der Waals surface area contributed by atoms with Gasteiger partial charge in [-0.3, -0.25) is 0 Å². The molecule has 0 heterocycles. The molecule has 0 spiro atoms. The van der Waals surface area contributed by atoms with E-state index in [4.69, 9.17) is 17.3 Å². The molecule has 0 saturated carbocycles. The highest BCUT2D eigenvalue weighted by Gasteiger charge is 2.17. The number of hydrogen-bond acceptors (Lipinski definition) is 1. The molecule has 0 aromatic heterocycles. The first-order valence-electron chi connectivity index (χ1n) is 3.78. The summed E-state index contributed by atoms with van der Waals surface area (Å²) in [5.74, 6) is 0. The Morgan fingerprint density at radius 3 is 2.82 bits per heavy atom. The Morgan fingerprint density at radius 1 is 1.27 bits per heavy atom. The second kappa shape index (κ2) is 2.50. The molecule has 1 aliphatic rings. The van der Waals surface area contributed by atoms with Crippen LogP contribution in [0.2, 0.25) is 5.02 Å². The molecule has 2 heteroatoms. The molecule has 58 valence electrons. The Kier molecular flexibility index (Phi) is 1.63. The quantitative estimate of drug-likeness (QED) is 0.626. The fraction of sp³-hybridized carbons (Fsp3) is 0.333. The normalized spacial score (nSPS) is 21.8. The lowest BCUT2D eigenvalue weighted by Gasteiger charge is -1.96. The average molecular weight is 168 g/mol. The van der Waals surface area contributed by atoms with Crippen LogP contribution in [0.5, 0.6) is 0 Å². The van der Waals surface area contributed by atoms with Crippen molar-refractivity contribution in [3.05, 3.63) is 34.3 Å². The number of hydrogen-bond donors (Lipinski definition) is 1. The molecule has 0 unspecified atom stereocenters. The SMILES string of the molecule is N[C@@H]1Cc2ccc(Cl)cc2C1. The lowest BCUT2D eigenvalue weighted by atomic mass is 10.1. The van der Waals surface area contributed by atoms with E-state index in [1.54, 1.807) is 0 Å². The number of fused-ring (bicyclic) bond motifs is 1. The summed E-state index contributed by atoms with van der Waals surface area (Å²) in [7, 11) is 0. The second-order valence-electron chi connectivity index (χ2n) is 3.08. The van der Waals surface area contributed by atoms with Crippen molar-refractivity contribution in [3.63, 3.8) is 0 Å². The van der Waals surface area contributed by atoms with Crippen LogP contribution >= 0.6 is 11.6 Å². The van der Waals surface area contributed by atoms with Crippen LogP contribution in [-0.2, 0) is 12.8 Å². The molecule has 0 fully saturated rings. The first kappa shape index (κ1) is 7.14. The smallest absolute Gasteiger partial charge is 0.0408 e. The van der Waals surface area contributed by atoms with Crippen molar-refractivity contribution in [2.75, 3.05) is 0 Å². The van der Waals surface area contributed by atoms with Gasteiger partial charge in [0, 0.05) is 11.1 Å². The summed E-state index contributed by atoms with van der Waals surface area (Å²) >= 11 is 5.83. The van der Waals surface area contributed by atoms with Gasteiger partial charge in [-0.15, -0.1) is 0 Å². The Labute approximate surface area is 71.2 Å². The third-order valence-corrected chi connectivity index (χ3v) is 2.37. The molecule has 1 aromatic carbocycles. The lowest BCUT2D eigenvalue weighted by Crippen LogP contribution is -2.18. The molecular weight excluding hydrogens is 158 g/mol. The van der Waals surface area contributed by atoms with E-state index in [1.165, 1.54) is 11.1 Å². The standard InChI is InChI=1S/C9H10ClN/c10-8-2-1-6-4-9(11)5-7(6)3-8/h1-3,9H,4-5,11H2/t9-/m1/s1. The van der Waals surface area contributed by atoms with Crippen molar-refractivity contribution >= 4 is 11.6 Å². The Balaban J connectivity index is 2.43. The summed E-state index contributed by atoms with van der Waals surface area (Å²) < 4.78 is 0. The van der Waals surface area contributed by atoms with Crippen LogP contribution < -0.4 is 5.73 Å². The van der Waals surface area contributed by atoms with Gasteiger partial charge >= 0.3 is 0 Å². The number of halogens is 1. The molecule has 0 bridgehead atoms. The van der Waals surface area contributed by atoms with E-state index >= 15 is 0 Å². The number of rotatable bonds is 0. The van der Waals surface area contributed by atoms with Crippen LogP contribution in [0.3, 0.4) is 0 Å². The first-order chi connectivity index (χ1) is 5.25.